The number of hydrogen-bond acceptors (Lipinski definition) is 5. The van der Waals surface area contributed by atoms with E-state index in [4.69, 9.17) is 0 Å². The Labute approximate surface area is 159 Å². The van der Waals surface area contributed by atoms with Crippen LogP contribution >= 0.6 is 0 Å². The number of hydrogen-bond donors (Lipinski definition) is 1. The molecule has 27 heavy (non-hydrogen) atoms. The minimum absolute atomic E-state index is 0.227. The van der Waals surface area contributed by atoms with Crippen molar-refractivity contribution in [2.24, 2.45) is 0 Å². The van der Waals surface area contributed by atoms with Crippen LogP contribution in [0.5, 0.6) is 0 Å². The van der Waals surface area contributed by atoms with Gasteiger partial charge in [-0.3, -0.25) is 9.97 Å². The van der Waals surface area contributed by atoms with Crippen LogP contribution in [-0.4, -0.2) is 48.1 Å². The first-order chi connectivity index (χ1) is 13.0. The predicted octanol–water partition coefficient (Wildman–Crippen LogP) is 3.13. The van der Waals surface area contributed by atoms with Crippen molar-refractivity contribution in [3.63, 3.8) is 0 Å². The Bertz CT molecular complexity index is 1050. The van der Waals surface area contributed by atoms with Gasteiger partial charge in [0.15, 0.2) is 0 Å². The van der Waals surface area contributed by atoms with Gasteiger partial charge < -0.3 is 5.32 Å². The number of fused-ring (bicyclic) bond motifs is 1. The number of sulfonamides is 1. The molecule has 0 saturated carbocycles. The van der Waals surface area contributed by atoms with Gasteiger partial charge in [0.1, 0.15) is 0 Å². The van der Waals surface area contributed by atoms with Crippen molar-refractivity contribution in [1.29, 1.82) is 0 Å². The molecule has 1 saturated heterocycles. The standard InChI is InChI=1S/C20H22N4O2S/c1-27(25,26)24-10-6-17(7-11-24)23-20-13-16(19-4-2-3-8-22-19)12-15-5-9-21-14-18(15)20/h2-5,8-9,12-14,17,23H,6-7,10-11H2,1H3. The highest BCUT2D eigenvalue weighted by Gasteiger charge is 2.25. The van der Waals surface area contributed by atoms with Gasteiger partial charge in [-0.15, -0.1) is 0 Å². The lowest BCUT2D eigenvalue weighted by molar-refractivity contribution is 0.332. The molecule has 0 bridgehead atoms. The van der Waals surface area contributed by atoms with Crippen LogP contribution in [0, 0.1) is 0 Å². The Morgan fingerprint density at radius 1 is 1.11 bits per heavy atom. The van der Waals surface area contributed by atoms with Gasteiger partial charge >= 0.3 is 0 Å². The van der Waals surface area contributed by atoms with E-state index in [1.54, 1.807) is 16.7 Å². The topological polar surface area (TPSA) is 75.2 Å². The van der Waals surface area contributed by atoms with Gasteiger partial charge in [0.25, 0.3) is 0 Å². The molecule has 0 unspecified atom stereocenters. The van der Waals surface area contributed by atoms with E-state index < -0.39 is 10.0 Å². The summed E-state index contributed by atoms with van der Waals surface area (Å²) >= 11 is 0. The molecule has 0 aliphatic carbocycles. The summed E-state index contributed by atoms with van der Waals surface area (Å²) in [6, 6.07) is 12.3. The number of benzene rings is 1. The highest BCUT2D eigenvalue weighted by atomic mass is 32.2. The summed E-state index contributed by atoms with van der Waals surface area (Å²) in [5.74, 6) is 0. The van der Waals surface area contributed by atoms with Gasteiger partial charge in [0, 0.05) is 54.4 Å². The van der Waals surface area contributed by atoms with Crippen LogP contribution in [0.1, 0.15) is 12.8 Å². The Morgan fingerprint density at radius 2 is 1.93 bits per heavy atom. The van der Waals surface area contributed by atoms with Gasteiger partial charge in [-0.2, -0.15) is 0 Å². The third-order valence-electron chi connectivity index (χ3n) is 5.00. The summed E-state index contributed by atoms with van der Waals surface area (Å²) in [4.78, 5) is 8.73. The molecule has 4 rings (SSSR count). The SMILES string of the molecule is CS(=O)(=O)N1CCC(Nc2cc(-c3ccccn3)cc3ccncc23)CC1. The fraction of sp³-hybridized carbons (Fsp3) is 0.300. The quantitative estimate of drug-likeness (QED) is 0.750. The molecular formula is C20H22N4O2S. The number of nitrogens with zero attached hydrogens (tertiary/aromatic N) is 3. The van der Waals surface area contributed by atoms with Gasteiger partial charge in [-0.25, -0.2) is 12.7 Å². The van der Waals surface area contributed by atoms with E-state index in [2.05, 4.69) is 27.4 Å². The van der Waals surface area contributed by atoms with Gasteiger partial charge in [-0.1, -0.05) is 6.07 Å². The lowest BCUT2D eigenvalue weighted by atomic mass is 10.0. The molecule has 2 aromatic heterocycles. The van der Waals surface area contributed by atoms with E-state index in [0.717, 1.165) is 40.6 Å². The van der Waals surface area contributed by atoms with Crippen molar-refractivity contribution in [3.8, 4) is 11.3 Å². The Kier molecular flexibility index (Phi) is 4.80. The second-order valence-electron chi connectivity index (χ2n) is 6.92. The van der Waals surface area contributed by atoms with Crippen LogP contribution in [0.25, 0.3) is 22.0 Å². The molecule has 1 aromatic carbocycles. The van der Waals surface area contributed by atoms with Crippen LogP contribution < -0.4 is 5.32 Å². The average molecular weight is 382 g/mol. The molecule has 7 heteroatoms. The Hall–Kier alpha value is -2.51. The number of nitrogens with one attached hydrogen (secondary N) is 1. The second kappa shape index (κ2) is 7.25. The summed E-state index contributed by atoms with van der Waals surface area (Å²) in [5.41, 5.74) is 2.98. The van der Waals surface area contributed by atoms with Gasteiger partial charge in [-0.05, 0) is 48.6 Å². The smallest absolute Gasteiger partial charge is 0.211 e. The molecule has 1 N–H and O–H groups in total. The summed E-state index contributed by atoms with van der Waals surface area (Å²) < 4.78 is 25.0. The minimum atomic E-state index is -3.11. The maximum atomic E-state index is 11.7. The zero-order chi connectivity index (χ0) is 18.9. The summed E-state index contributed by atoms with van der Waals surface area (Å²) in [7, 11) is -3.11. The van der Waals surface area contributed by atoms with Crippen molar-refractivity contribution < 1.29 is 8.42 Å². The lowest BCUT2D eigenvalue weighted by Crippen LogP contribution is -2.41. The molecular weight excluding hydrogens is 360 g/mol. The Balaban J connectivity index is 1.63. The van der Waals surface area contributed by atoms with Crippen molar-refractivity contribution in [2.45, 2.75) is 18.9 Å². The molecule has 1 aliphatic rings. The molecule has 1 fully saturated rings. The van der Waals surface area contributed by atoms with E-state index in [-0.39, 0.29) is 6.04 Å². The summed E-state index contributed by atoms with van der Waals surface area (Å²) in [6.07, 6.45) is 8.28. The number of piperidine rings is 1. The average Bonchev–Trinajstić information content (AvgIpc) is 2.68. The molecule has 140 valence electrons. The van der Waals surface area contributed by atoms with Crippen LogP contribution in [0.4, 0.5) is 5.69 Å². The Morgan fingerprint density at radius 3 is 2.63 bits per heavy atom. The van der Waals surface area contributed by atoms with E-state index >= 15 is 0 Å². The number of rotatable bonds is 4. The zero-order valence-corrected chi connectivity index (χ0v) is 16.0. The molecule has 6 nitrogen and oxygen atoms in total. The third kappa shape index (κ3) is 3.94. The fourth-order valence-electron chi connectivity index (χ4n) is 3.55. The first kappa shape index (κ1) is 17.9. The number of pyridine rings is 2. The normalized spacial score (nSPS) is 16.5. The zero-order valence-electron chi connectivity index (χ0n) is 15.2. The van der Waals surface area contributed by atoms with Crippen molar-refractivity contribution in [1.82, 2.24) is 14.3 Å². The van der Waals surface area contributed by atoms with Crippen LogP contribution in [-0.2, 0) is 10.0 Å². The first-order valence-electron chi connectivity index (χ1n) is 9.01. The predicted molar refractivity (Wildman–Crippen MR) is 108 cm³/mol. The van der Waals surface area contributed by atoms with Gasteiger partial charge in [0.2, 0.25) is 10.0 Å². The molecule has 0 radical (unpaired) electrons. The summed E-state index contributed by atoms with van der Waals surface area (Å²) in [6.45, 7) is 1.10. The number of aromatic nitrogens is 2. The van der Waals surface area contributed by atoms with Gasteiger partial charge in [0.05, 0.1) is 11.9 Å². The van der Waals surface area contributed by atoms with E-state index in [9.17, 15) is 8.42 Å². The van der Waals surface area contributed by atoms with E-state index in [1.165, 1.54) is 6.26 Å². The molecule has 0 amide bonds. The third-order valence-corrected chi connectivity index (χ3v) is 6.30. The highest BCUT2D eigenvalue weighted by molar-refractivity contribution is 7.88. The molecule has 1 aliphatic heterocycles. The maximum absolute atomic E-state index is 11.7. The van der Waals surface area contributed by atoms with Crippen molar-refractivity contribution >= 4 is 26.5 Å². The molecule has 3 aromatic rings. The van der Waals surface area contributed by atoms with Crippen LogP contribution in [0.3, 0.4) is 0 Å². The minimum Gasteiger partial charge on any atom is -0.382 e. The summed E-state index contributed by atoms with van der Waals surface area (Å²) in [5, 5.41) is 5.78. The lowest BCUT2D eigenvalue weighted by Gasteiger charge is -2.31. The van der Waals surface area contributed by atoms with E-state index in [1.807, 2.05) is 30.5 Å². The van der Waals surface area contributed by atoms with E-state index in [0.29, 0.717) is 13.1 Å². The van der Waals surface area contributed by atoms with Crippen molar-refractivity contribution in [2.75, 3.05) is 24.7 Å². The fourth-order valence-corrected chi connectivity index (χ4v) is 4.43. The molecule has 0 spiro atoms. The van der Waals surface area contributed by atoms with Crippen LogP contribution in [0.15, 0.2) is 55.0 Å². The van der Waals surface area contributed by atoms with Crippen LogP contribution in [0.2, 0.25) is 0 Å². The maximum Gasteiger partial charge on any atom is 0.211 e. The largest absolute Gasteiger partial charge is 0.382 e. The molecule has 3 heterocycles. The first-order valence-corrected chi connectivity index (χ1v) is 10.9. The monoisotopic (exact) mass is 382 g/mol. The second-order valence-corrected chi connectivity index (χ2v) is 8.90. The highest BCUT2D eigenvalue weighted by Crippen LogP contribution is 2.31. The number of anilines is 1. The van der Waals surface area contributed by atoms with Crippen molar-refractivity contribution in [3.05, 3.63) is 55.0 Å². The molecule has 0 atom stereocenters.